The van der Waals surface area contributed by atoms with Gasteiger partial charge >= 0.3 is 0 Å². The molecule has 0 radical (unpaired) electrons. The summed E-state index contributed by atoms with van der Waals surface area (Å²) in [6, 6.07) is 14.5. The number of rotatable bonds is 4. The molecule has 2 bridgehead atoms. The Balaban J connectivity index is 1.31. The molecule has 31 heavy (non-hydrogen) atoms. The van der Waals surface area contributed by atoms with Crippen molar-refractivity contribution < 1.29 is 28.6 Å². The van der Waals surface area contributed by atoms with Crippen LogP contribution in [0.5, 0.6) is 11.5 Å². The number of carbonyl (C=O) groups excluding carboxylic acids is 2. The zero-order valence-electron chi connectivity index (χ0n) is 16.9. The van der Waals surface area contributed by atoms with E-state index in [1.807, 2.05) is 24.3 Å². The Morgan fingerprint density at radius 2 is 1.35 bits per heavy atom. The minimum atomic E-state index is -0.550. The summed E-state index contributed by atoms with van der Waals surface area (Å²) in [5.74, 6) is -0.338. The van der Waals surface area contributed by atoms with Gasteiger partial charge in [-0.2, -0.15) is 0 Å². The van der Waals surface area contributed by atoms with E-state index < -0.39 is 24.0 Å². The second kappa shape index (κ2) is 6.55. The lowest BCUT2D eigenvalue weighted by Gasteiger charge is -2.26. The van der Waals surface area contributed by atoms with Crippen molar-refractivity contribution in [1.82, 2.24) is 0 Å². The van der Waals surface area contributed by atoms with Gasteiger partial charge in [-0.25, -0.2) is 4.90 Å². The van der Waals surface area contributed by atoms with Crippen molar-refractivity contribution in [2.75, 3.05) is 19.1 Å². The molecule has 0 spiro atoms. The number of nitrogens with zero attached hydrogens (tertiary/aromatic N) is 2. The Bertz CT molecular complexity index is 1100. The summed E-state index contributed by atoms with van der Waals surface area (Å²) in [6.45, 7) is 0. The average Bonchev–Trinajstić information content (AvgIpc) is 3.54. The summed E-state index contributed by atoms with van der Waals surface area (Å²) in [7, 11) is 3.18. The summed E-state index contributed by atoms with van der Waals surface area (Å²) in [6.07, 6.45) is -1.29. The molecule has 8 heteroatoms. The summed E-state index contributed by atoms with van der Waals surface area (Å²) >= 11 is 0. The number of anilines is 1. The van der Waals surface area contributed by atoms with Gasteiger partial charge in [0.1, 0.15) is 17.6 Å². The van der Waals surface area contributed by atoms with Crippen LogP contribution in [0.25, 0.3) is 0 Å². The van der Waals surface area contributed by atoms with Crippen molar-refractivity contribution in [2.24, 2.45) is 22.9 Å². The number of methoxy groups -OCH3 is 2. The Hall–Kier alpha value is -3.39. The summed E-state index contributed by atoms with van der Waals surface area (Å²) in [5, 5.41) is 4.31. The number of hydrogen-bond acceptors (Lipinski definition) is 7. The fourth-order valence-corrected chi connectivity index (χ4v) is 5.34. The first-order valence-corrected chi connectivity index (χ1v) is 10.2. The molecule has 158 valence electrons. The molecule has 0 saturated carbocycles. The molecule has 2 amide bonds. The minimum absolute atomic E-state index is 0.188. The van der Waals surface area contributed by atoms with Crippen LogP contribution in [0.15, 0.2) is 53.7 Å². The zero-order chi connectivity index (χ0) is 21.3. The van der Waals surface area contributed by atoms with Gasteiger partial charge in [-0.05, 0) is 48.5 Å². The first kappa shape index (κ1) is 18.4. The molecule has 3 saturated heterocycles. The van der Waals surface area contributed by atoms with Gasteiger partial charge in [0.25, 0.3) is 0 Å². The predicted octanol–water partition coefficient (Wildman–Crippen LogP) is 2.01. The number of fused-ring (bicyclic) bond motifs is 8. The number of hydrogen-bond donors (Lipinski definition) is 0. The van der Waals surface area contributed by atoms with Crippen LogP contribution in [0.3, 0.4) is 0 Å². The smallest absolute Gasteiger partial charge is 0.240 e. The normalized spacial score (nSPS) is 32.6. The largest absolute Gasteiger partial charge is 0.497 e. The molecule has 4 heterocycles. The van der Waals surface area contributed by atoms with E-state index in [2.05, 4.69) is 5.16 Å². The molecule has 6 atom stereocenters. The molecule has 6 rings (SSSR count). The van der Waals surface area contributed by atoms with Crippen LogP contribution in [0.4, 0.5) is 5.69 Å². The third kappa shape index (κ3) is 2.42. The van der Waals surface area contributed by atoms with Crippen molar-refractivity contribution >= 4 is 23.2 Å². The molecule has 6 unspecified atom stereocenters. The third-order valence-electron chi connectivity index (χ3n) is 6.76. The lowest BCUT2D eigenvalue weighted by atomic mass is 9.71. The lowest BCUT2D eigenvalue weighted by molar-refractivity contribution is -0.125. The molecule has 8 nitrogen and oxygen atoms in total. The highest BCUT2D eigenvalue weighted by atomic mass is 16.7. The van der Waals surface area contributed by atoms with Crippen LogP contribution < -0.4 is 14.4 Å². The highest BCUT2D eigenvalue weighted by Gasteiger charge is 2.72. The van der Waals surface area contributed by atoms with E-state index in [4.69, 9.17) is 19.0 Å². The van der Waals surface area contributed by atoms with E-state index in [1.165, 1.54) is 4.90 Å². The molecule has 3 fully saturated rings. The van der Waals surface area contributed by atoms with Gasteiger partial charge in [0.05, 0.1) is 49.5 Å². The Morgan fingerprint density at radius 3 is 1.97 bits per heavy atom. The third-order valence-corrected chi connectivity index (χ3v) is 6.76. The van der Waals surface area contributed by atoms with E-state index in [0.717, 1.165) is 17.0 Å². The number of carbonyl (C=O) groups is 2. The van der Waals surface area contributed by atoms with E-state index in [0.29, 0.717) is 11.4 Å². The molecule has 4 aliphatic heterocycles. The summed E-state index contributed by atoms with van der Waals surface area (Å²) in [5.41, 5.74) is 2.19. The van der Waals surface area contributed by atoms with Gasteiger partial charge in [0, 0.05) is 5.56 Å². The van der Waals surface area contributed by atoms with Crippen molar-refractivity contribution in [3.8, 4) is 11.5 Å². The monoisotopic (exact) mass is 420 g/mol. The maximum absolute atomic E-state index is 13.4. The van der Waals surface area contributed by atoms with Gasteiger partial charge in [0.2, 0.25) is 11.8 Å². The first-order valence-electron chi connectivity index (χ1n) is 10.2. The second-order valence-electron chi connectivity index (χ2n) is 8.13. The number of oxime groups is 1. The van der Waals surface area contributed by atoms with E-state index in [9.17, 15) is 9.59 Å². The van der Waals surface area contributed by atoms with Crippen molar-refractivity contribution in [3.05, 3.63) is 54.1 Å². The van der Waals surface area contributed by atoms with Gasteiger partial charge in [-0.1, -0.05) is 5.16 Å². The van der Waals surface area contributed by atoms with Crippen LogP contribution in [-0.2, 0) is 19.2 Å². The lowest BCUT2D eigenvalue weighted by Crippen LogP contribution is -2.45. The Labute approximate surface area is 178 Å². The molecule has 4 aliphatic rings. The van der Waals surface area contributed by atoms with Crippen molar-refractivity contribution in [3.63, 3.8) is 0 Å². The summed E-state index contributed by atoms with van der Waals surface area (Å²) in [4.78, 5) is 33.6. The fourth-order valence-electron chi connectivity index (χ4n) is 5.34. The van der Waals surface area contributed by atoms with Crippen molar-refractivity contribution in [1.29, 1.82) is 0 Å². The van der Waals surface area contributed by atoms with Gasteiger partial charge in [-0.15, -0.1) is 0 Å². The number of benzene rings is 2. The highest BCUT2D eigenvalue weighted by molar-refractivity contribution is 6.23. The Kier molecular flexibility index (Phi) is 3.89. The fraction of sp³-hybridized carbons (Fsp3) is 0.348. The number of imide groups is 1. The van der Waals surface area contributed by atoms with Gasteiger partial charge in [-0.3, -0.25) is 9.59 Å². The first-order chi connectivity index (χ1) is 15.1. The molecule has 0 N–H and O–H groups in total. The number of ether oxygens (including phenoxy) is 3. The second-order valence-corrected chi connectivity index (χ2v) is 8.13. The van der Waals surface area contributed by atoms with Crippen LogP contribution in [-0.4, -0.2) is 50.1 Å². The van der Waals surface area contributed by atoms with Crippen molar-refractivity contribution in [2.45, 2.75) is 18.3 Å². The number of amides is 2. The van der Waals surface area contributed by atoms with E-state index >= 15 is 0 Å². The van der Waals surface area contributed by atoms with Crippen LogP contribution >= 0.6 is 0 Å². The molecule has 2 aromatic rings. The van der Waals surface area contributed by atoms with Crippen LogP contribution in [0.2, 0.25) is 0 Å². The Morgan fingerprint density at radius 1 is 0.774 bits per heavy atom. The molecule has 0 aliphatic carbocycles. The minimum Gasteiger partial charge on any atom is -0.497 e. The average molecular weight is 420 g/mol. The van der Waals surface area contributed by atoms with Crippen LogP contribution in [0, 0.1) is 17.8 Å². The SMILES string of the molecule is COc1ccc(C2=NOC3C4OC(C23)C2C(=O)N(c3ccc(OC)cc3)C(=O)C42)cc1. The highest BCUT2D eigenvalue weighted by Crippen LogP contribution is 2.55. The maximum Gasteiger partial charge on any atom is 0.240 e. The van der Waals surface area contributed by atoms with E-state index in [1.54, 1.807) is 38.5 Å². The molecular formula is C23H20N2O6. The summed E-state index contributed by atoms with van der Waals surface area (Å²) < 4.78 is 16.6. The standard InChI is InChI=1S/C23H20N2O6/c1-28-13-7-3-11(4-8-13)18-17-19-15-16(20(30-19)21(17)31-24-18)23(27)25(22(15)26)12-5-9-14(29-2)10-6-12/h3-10,15-17,19-21H,1-2H3. The topological polar surface area (TPSA) is 86.7 Å². The molecule has 0 aromatic heterocycles. The zero-order valence-corrected chi connectivity index (χ0v) is 16.9. The maximum atomic E-state index is 13.4. The van der Waals surface area contributed by atoms with Crippen LogP contribution in [0.1, 0.15) is 5.56 Å². The van der Waals surface area contributed by atoms with Gasteiger partial charge in [0.15, 0.2) is 6.10 Å². The molecular weight excluding hydrogens is 400 g/mol. The van der Waals surface area contributed by atoms with E-state index in [-0.39, 0.29) is 23.8 Å². The quantitative estimate of drug-likeness (QED) is 0.704. The predicted molar refractivity (Wildman–Crippen MR) is 109 cm³/mol. The molecule has 2 aromatic carbocycles. The van der Waals surface area contributed by atoms with Gasteiger partial charge < -0.3 is 19.0 Å².